The largest absolute Gasteiger partial charge is 0.334 e. The molecule has 0 saturated heterocycles. The van der Waals surface area contributed by atoms with Crippen molar-refractivity contribution in [3.8, 4) is 11.1 Å². The van der Waals surface area contributed by atoms with E-state index < -0.39 is 0 Å². The highest BCUT2D eigenvalue weighted by molar-refractivity contribution is 7.26. The zero-order valence-electron chi connectivity index (χ0n) is 55.2. The average molecular weight is 1190 g/mol. The van der Waals surface area contributed by atoms with Gasteiger partial charge in [0.05, 0.1) is 27.3 Å². The Bertz CT molecular complexity index is 4720. The Balaban J connectivity index is 1.09. The quantitative estimate of drug-likeness (QED) is 0.163. The Morgan fingerprint density at radius 2 is 0.977 bits per heavy atom. The van der Waals surface area contributed by atoms with Crippen LogP contribution in [-0.2, 0) is 32.5 Å². The van der Waals surface area contributed by atoms with Crippen molar-refractivity contribution in [3.05, 3.63) is 197 Å². The summed E-state index contributed by atoms with van der Waals surface area (Å²) in [7, 11) is 0. The molecule has 0 spiro atoms. The van der Waals surface area contributed by atoms with Crippen LogP contribution in [0.5, 0.6) is 0 Å². The summed E-state index contributed by atoms with van der Waals surface area (Å²) < 4.78 is 5.29. The summed E-state index contributed by atoms with van der Waals surface area (Å²) in [6, 6.07) is 65.9. The predicted octanol–water partition coefficient (Wildman–Crippen LogP) is 22.4. The molecule has 5 heterocycles. The molecule has 1 saturated carbocycles. The van der Waals surface area contributed by atoms with Gasteiger partial charge < -0.3 is 14.7 Å². The molecule has 444 valence electrons. The first-order chi connectivity index (χ1) is 41.5. The molecule has 0 radical (unpaired) electrons. The molecular weight excluding hydrogens is 1100 g/mol. The van der Waals surface area contributed by atoms with Crippen LogP contribution in [0.25, 0.3) is 51.5 Å². The first-order valence-electron chi connectivity index (χ1n) is 32.6. The van der Waals surface area contributed by atoms with Gasteiger partial charge in [-0.2, -0.15) is 0 Å². The second-order valence-electron chi connectivity index (χ2n) is 32.2. The summed E-state index contributed by atoms with van der Waals surface area (Å²) in [5, 5.41) is 5.33. The van der Waals surface area contributed by atoms with Crippen molar-refractivity contribution < 1.29 is 0 Å². The van der Waals surface area contributed by atoms with Gasteiger partial charge in [-0.15, -0.1) is 22.7 Å². The Kier molecular flexibility index (Phi) is 12.5. The summed E-state index contributed by atoms with van der Waals surface area (Å²) in [6.45, 7) is 40.7. The van der Waals surface area contributed by atoms with Crippen molar-refractivity contribution in [3.63, 3.8) is 0 Å². The minimum Gasteiger partial charge on any atom is -0.334 e. The van der Waals surface area contributed by atoms with Crippen molar-refractivity contribution in [2.24, 2.45) is 0 Å². The number of thiophene rings is 2. The van der Waals surface area contributed by atoms with Gasteiger partial charge in [0.15, 0.2) is 0 Å². The fraction of sp³-hybridized carbons (Fsp3) is 0.341. The maximum atomic E-state index is 2.82. The van der Waals surface area contributed by atoms with Crippen molar-refractivity contribution in [1.29, 1.82) is 0 Å². The summed E-state index contributed by atoms with van der Waals surface area (Å²) in [4.78, 5) is 8.34. The van der Waals surface area contributed by atoms with Crippen LogP contribution in [0.3, 0.4) is 0 Å². The Morgan fingerprint density at radius 3 is 1.65 bits per heavy atom. The van der Waals surface area contributed by atoms with Gasteiger partial charge in [-0.1, -0.05) is 209 Å². The predicted molar refractivity (Wildman–Crippen MR) is 388 cm³/mol. The smallest absolute Gasteiger partial charge is 0.252 e. The van der Waals surface area contributed by atoms with Crippen LogP contribution in [0.15, 0.2) is 164 Å². The minimum absolute atomic E-state index is 0.0165. The van der Waals surface area contributed by atoms with Crippen LogP contribution >= 0.6 is 22.7 Å². The highest BCUT2D eigenvalue weighted by Gasteiger charge is 2.58. The third-order valence-electron chi connectivity index (χ3n) is 21.4. The molecule has 9 aromatic carbocycles. The highest BCUT2D eigenvalue weighted by Crippen LogP contribution is 2.62. The second-order valence-corrected chi connectivity index (χ2v) is 34.3. The van der Waals surface area contributed by atoms with Gasteiger partial charge in [-0.3, -0.25) is 0 Å². The minimum atomic E-state index is -0.208. The Labute approximate surface area is 532 Å². The first kappa shape index (κ1) is 57.3. The van der Waals surface area contributed by atoms with E-state index in [2.05, 4.69) is 296 Å². The van der Waals surface area contributed by atoms with Crippen molar-refractivity contribution in [1.82, 2.24) is 0 Å². The maximum Gasteiger partial charge on any atom is 0.252 e. The number of benzene rings is 9. The van der Waals surface area contributed by atoms with Crippen LogP contribution < -0.4 is 31.1 Å². The van der Waals surface area contributed by atoms with E-state index in [0.717, 1.165) is 6.42 Å². The molecule has 1 fully saturated rings. The molecule has 4 aliphatic rings. The summed E-state index contributed by atoms with van der Waals surface area (Å²) in [6.07, 6.45) is 4.79. The van der Waals surface area contributed by atoms with Crippen molar-refractivity contribution in [2.75, 3.05) is 14.7 Å². The molecule has 0 bridgehead atoms. The van der Waals surface area contributed by atoms with E-state index in [1.165, 1.54) is 166 Å². The Morgan fingerprint density at radius 1 is 0.409 bits per heavy atom. The van der Waals surface area contributed by atoms with Crippen molar-refractivity contribution >= 4 is 132 Å². The van der Waals surface area contributed by atoms with Gasteiger partial charge in [0.1, 0.15) is 0 Å². The lowest BCUT2D eigenvalue weighted by Gasteiger charge is -2.51. The van der Waals surface area contributed by atoms with Crippen LogP contribution in [0, 0.1) is 0 Å². The van der Waals surface area contributed by atoms with Crippen molar-refractivity contribution in [2.45, 2.75) is 181 Å². The van der Waals surface area contributed by atoms with E-state index in [0.29, 0.717) is 0 Å². The SMILES string of the molecule is CC(C)(C)c1ccc(N2c3cc(C(C)(C)C)cc4c3B(c3ccc(N5c6ccc(C(C)(C)C)cc6C6(C)CCCCC56C)cc3N4c3cccc4c3sc3ccc(C(C)(C)C)cc34)c3ccc4sc5ccc(C(C)(C)C)cc5c4c32)c(-c2ccccc2)c1. The van der Waals surface area contributed by atoms with Gasteiger partial charge in [-0.25, -0.2) is 0 Å². The average Bonchev–Trinajstić information content (AvgIpc) is 1.08. The lowest BCUT2D eigenvalue weighted by Crippen LogP contribution is -2.61. The number of hydrogen-bond acceptors (Lipinski definition) is 5. The fourth-order valence-electron chi connectivity index (χ4n) is 16.0. The molecule has 1 aliphatic carbocycles. The number of hydrogen-bond donors (Lipinski definition) is 0. The number of rotatable bonds is 4. The topological polar surface area (TPSA) is 9.72 Å². The summed E-state index contributed by atoms with van der Waals surface area (Å²) in [5.74, 6) is 0. The number of anilines is 8. The molecule has 6 heteroatoms. The van der Waals surface area contributed by atoms with Gasteiger partial charge >= 0.3 is 0 Å². The molecule has 3 nitrogen and oxygen atoms in total. The third kappa shape index (κ3) is 8.53. The molecule has 2 aromatic heterocycles. The number of fused-ring (bicyclic) bond motifs is 14. The fourth-order valence-corrected chi connectivity index (χ4v) is 18.2. The Hall–Kier alpha value is -7.12. The molecule has 0 amide bonds. The molecule has 2 atom stereocenters. The molecule has 11 aromatic rings. The zero-order chi connectivity index (χ0) is 61.7. The zero-order valence-corrected chi connectivity index (χ0v) is 56.8. The van der Waals surface area contributed by atoms with E-state index in [1.54, 1.807) is 0 Å². The lowest BCUT2D eigenvalue weighted by molar-refractivity contribution is 0.195. The molecule has 2 unspecified atom stereocenters. The van der Waals surface area contributed by atoms with E-state index in [4.69, 9.17) is 0 Å². The van der Waals surface area contributed by atoms with Gasteiger partial charge in [0.25, 0.3) is 6.71 Å². The molecule has 88 heavy (non-hydrogen) atoms. The molecule has 0 N–H and O–H groups in total. The normalized spacial score (nSPS) is 18.6. The van der Waals surface area contributed by atoms with E-state index in [9.17, 15) is 0 Å². The monoisotopic (exact) mass is 1190 g/mol. The second kappa shape index (κ2) is 19.2. The van der Waals surface area contributed by atoms with E-state index in [-0.39, 0.29) is 44.7 Å². The maximum absolute atomic E-state index is 2.82. The summed E-state index contributed by atoms with van der Waals surface area (Å²) >= 11 is 3.90. The molecule has 15 rings (SSSR count). The number of nitrogens with zero attached hydrogens (tertiary/aromatic N) is 3. The van der Waals surface area contributed by atoms with E-state index in [1.807, 2.05) is 22.7 Å². The molecule has 3 aliphatic heterocycles. The van der Waals surface area contributed by atoms with Crippen LogP contribution in [0.1, 0.15) is 177 Å². The van der Waals surface area contributed by atoms with Crippen LogP contribution in [0.2, 0.25) is 0 Å². The first-order valence-corrected chi connectivity index (χ1v) is 34.2. The van der Waals surface area contributed by atoms with Crippen LogP contribution in [-0.4, -0.2) is 12.3 Å². The third-order valence-corrected chi connectivity index (χ3v) is 23.7. The van der Waals surface area contributed by atoms with Gasteiger partial charge in [0.2, 0.25) is 0 Å². The van der Waals surface area contributed by atoms with Gasteiger partial charge in [0, 0.05) is 75.1 Å². The highest BCUT2D eigenvalue weighted by atomic mass is 32.1. The lowest BCUT2D eigenvalue weighted by atomic mass is 9.33. The van der Waals surface area contributed by atoms with Gasteiger partial charge in [-0.05, 0) is 181 Å². The standard InChI is InChI=1S/C82H86BN3S2/c1-76(2,3)50-28-35-63(57(42-50)49-24-19-18-20-25-49)85-68-47-54(80(13,14)15)46-67-73(68)83(62-34-39-71-72(74(62)85)59-44-52(78(7,8)9)31-38-70(59)87-71)61-33-32-55(86-64-36-29-53(79(10,11)12)45-60(64)81(16)40-21-22-41-82(81,86)17)48-66(61)84(67)65-27-23-26-56-58-43-51(77(4,5)6)30-37-69(58)88-75(56)65/h18-20,23-39,42-48H,21-22,40-41H2,1-17H3. The summed E-state index contributed by atoms with van der Waals surface area (Å²) in [5.41, 5.74) is 24.5. The van der Waals surface area contributed by atoms with Crippen LogP contribution in [0.4, 0.5) is 45.5 Å². The molecular formula is C82H86BN3S2. The van der Waals surface area contributed by atoms with E-state index >= 15 is 0 Å².